The Morgan fingerprint density at radius 3 is 2.54 bits per heavy atom. The number of rotatable bonds is 7. The number of ether oxygens (including phenoxy) is 1. The van der Waals surface area contributed by atoms with Crippen LogP contribution in [0.5, 0.6) is 5.75 Å². The lowest BCUT2D eigenvalue weighted by Gasteiger charge is -2.13. The molecule has 2 aromatic carbocycles. The molecule has 0 bridgehead atoms. The predicted molar refractivity (Wildman–Crippen MR) is 102 cm³/mol. The van der Waals surface area contributed by atoms with Crippen LogP contribution in [0.1, 0.15) is 12.5 Å². The predicted octanol–water partition coefficient (Wildman–Crippen LogP) is 3.06. The summed E-state index contributed by atoms with van der Waals surface area (Å²) in [5.41, 5.74) is 0.621. The zero-order valence-electron chi connectivity index (χ0n) is 14.7. The highest BCUT2D eigenvalue weighted by atomic mass is 32.2. The molecular weight excluding hydrogens is 405 g/mol. The third-order valence-corrected chi connectivity index (χ3v) is 6.58. The molecule has 146 valence electrons. The minimum absolute atomic E-state index is 0.0145. The minimum Gasteiger partial charge on any atom is -0.478 e. The van der Waals surface area contributed by atoms with Crippen LogP contribution in [0.2, 0.25) is 0 Å². The van der Waals surface area contributed by atoms with Gasteiger partial charge in [-0.05, 0) is 24.6 Å². The Morgan fingerprint density at radius 1 is 1.14 bits per heavy atom. The largest absolute Gasteiger partial charge is 0.478 e. The molecule has 28 heavy (non-hydrogen) atoms. The molecule has 0 aliphatic rings. The van der Waals surface area contributed by atoms with Crippen molar-refractivity contribution < 1.29 is 22.3 Å². The van der Waals surface area contributed by atoms with Gasteiger partial charge in [0, 0.05) is 0 Å². The molecule has 0 aliphatic carbocycles. The quantitative estimate of drug-likeness (QED) is 0.589. The molecule has 0 saturated heterocycles. The first-order chi connectivity index (χ1) is 13.3. The second kappa shape index (κ2) is 8.44. The summed E-state index contributed by atoms with van der Waals surface area (Å²) < 4.78 is 43.6. The number of para-hydroxylation sites is 1. The maximum atomic E-state index is 13.6. The molecule has 1 amide bonds. The fourth-order valence-electron chi connectivity index (χ4n) is 2.23. The van der Waals surface area contributed by atoms with Crippen molar-refractivity contribution in [1.29, 1.82) is 0 Å². The number of aromatic nitrogens is 2. The maximum absolute atomic E-state index is 13.6. The van der Waals surface area contributed by atoms with Crippen molar-refractivity contribution in [2.75, 3.05) is 5.32 Å². The van der Waals surface area contributed by atoms with Crippen LogP contribution in [0.4, 0.5) is 9.52 Å². The monoisotopic (exact) mass is 421 g/mol. The van der Waals surface area contributed by atoms with E-state index in [4.69, 9.17) is 4.74 Å². The molecule has 0 aliphatic heterocycles. The standard InChI is InChI=1S/C18H16FN3O4S2/c1-12(26-15-10-6-5-9-14(15)19)16(23)20-17-21-22-18(27-17)28(24,25)11-13-7-3-2-4-8-13/h2-10,12H,11H2,1H3,(H,20,21,23). The van der Waals surface area contributed by atoms with Crippen LogP contribution in [0.25, 0.3) is 0 Å². The smallest absolute Gasteiger partial charge is 0.266 e. The third kappa shape index (κ3) is 4.90. The van der Waals surface area contributed by atoms with E-state index >= 15 is 0 Å². The number of sulfone groups is 1. The number of hydrogen-bond acceptors (Lipinski definition) is 7. The van der Waals surface area contributed by atoms with Crippen LogP contribution in [-0.2, 0) is 20.4 Å². The molecule has 1 N–H and O–H groups in total. The van der Waals surface area contributed by atoms with E-state index in [0.717, 1.165) is 11.3 Å². The molecule has 0 fully saturated rings. The number of halogens is 1. The molecule has 0 saturated carbocycles. The van der Waals surface area contributed by atoms with Gasteiger partial charge in [-0.1, -0.05) is 53.8 Å². The van der Waals surface area contributed by atoms with Gasteiger partial charge in [0.25, 0.3) is 5.91 Å². The summed E-state index contributed by atoms with van der Waals surface area (Å²) in [6.07, 6.45) is -1.02. The number of carbonyl (C=O) groups is 1. The van der Waals surface area contributed by atoms with Crippen molar-refractivity contribution >= 4 is 32.2 Å². The SMILES string of the molecule is CC(Oc1ccccc1F)C(=O)Nc1nnc(S(=O)(=O)Cc2ccccc2)s1. The molecule has 3 aromatic rings. The zero-order chi connectivity index (χ0) is 20.1. The van der Waals surface area contributed by atoms with Crippen molar-refractivity contribution in [1.82, 2.24) is 10.2 Å². The summed E-state index contributed by atoms with van der Waals surface area (Å²) in [6, 6.07) is 14.4. The minimum atomic E-state index is -3.69. The number of nitrogens with zero attached hydrogens (tertiary/aromatic N) is 2. The van der Waals surface area contributed by atoms with Gasteiger partial charge in [-0.25, -0.2) is 12.8 Å². The third-order valence-electron chi connectivity index (χ3n) is 3.61. The van der Waals surface area contributed by atoms with Gasteiger partial charge in [0.05, 0.1) is 5.75 Å². The number of hydrogen-bond donors (Lipinski definition) is 1. The van der Waals surface area contributed by atoms with Crippen LogP contribution in [0.3, 0.4) is 0 Å². The molecule has 1 aromatic heterocycles. The van der Waals surface area contributed by atoms with E-state index in [1.54, 1.807) is 36.4 Å². The maximum Gasteiger partial charge on any atom is 0.266 e. The summed E-state index contributed by atoms with van der Waals surface area (Å²) >= 11 is 0.742. The highest BCUT2D eigenvalue weighted by molar-refractivity contribution is 7.92. The molecule has 1 atom stereocenters. The van der Waals surface area contributed by atoms with Crippen molar-refractivity contribution in [3.05, 3.63) is 66.0 Å². The van der Waals surface area contributed by atoms with E-state index in [9.17, 15) is 17.6 Å². The van der Waals surface area contributed by atoms with Crippen LogP contribution >= 0.6 is 11.3 Å². The Hall–Kier alpha value is -2.85. The van der Waals surface area contributed by atoms with Gasteiger partial charge in [-0.2, -0.15) is 0 Å². The van der Waals surface area contributed by atoms with Crippen molar-refractivity contribution in [2.45, 2.75) is 23.1 Å². The Balaban J connectivity index is 1.65. The molecule has 0 radical (unpaired) electrons. The lowest BCUT2D eigenvalue weighted by atomic mass is 10.2. The van der Waals surface area contributed by atoms with Gasteiger partial charge >= 0.3 is 0 Å². The van der Waals surface area contributed by atoms with Crippen LogP contribution < -0.4 is 10.1 Å². The van der Waals surface area contributed by atoms with Gasteiger partial charge < -0.3 is 4.74 Å². The lowest BCUT2D eigenvalue weighted by Crippen LogP contribution is -2.30. The number of nitrogens with one attached hydrogen (secondary N) is 1. The Morgan fingerprint density at radius 2 is 1.82 bits per heavy atom. The molecule has 7 nitrogen and oxygen atoms in total. The van der Waals surface area contributed by atoms with Gasteiger partial charge in [-0.15, -0.1) is 10.2 Å². The fourth-order valence-corrected chi connectivity index (χ4v) is 4.55. The van der Waals surface area contributed by atoms with Crippen LogP contribution in [0, 0.1) is 5.82 Å². The van der Waals surface area contributed by atoms with E-state index < -0.39 is 27.7 Å². The number of carbonyl (C=O) groups excluding carboxylic acids is 1. The van der Waals surface area contributed by atoms with E-state index in [0.29, 0.717) is 5.56 Å². The topological polar surface area (TPSA) is 98.2 Å². The molecule has 1 unspecified atom stereocenters. The molecule has 1 heterocycles. The summed E-state index contributed by atoms with van der Waals surface area (Å²) in [7, 11) is -3.69. The molecule has 3 rings (SSSR count). The zero-order valence-corrected chi connectivity index (χ0v) is 16.3. The highest BCUT2D eigenvalue weighted by Gasteiger charge is 2.23. The molecule has 10 heteroatoms. The first kappa shape index (κ1) is 19.9. The first-order valence-corrected chi connectivity index (χ1v) is 10.6. The fraction of sp³-hybridized carbons (Fsp3) is 0.167. The first-order valence-electron chi connectivity index (χ1n) is 8.17. The average molecular weight is 421 g/mol. The van der Waals surface area contributed by atoms with Crippen LogP contribution in [0.15, 0.2) is 58.9 Å². The summed E-state index contributed by atoms with van der Waals surface area (Å²) in [5, 5.41) is 9.80. The highest BCUT2D eigenvalue weighted by Crippen LogP contribution is 2.24. The van der Waals surface area contributed by atoms with Crippen LogP contribution in [-0.4, -0.2) is 30.6 Å². The average Bonchev–Trinajstić information content (AvgIpc) is 3.13. The second-order valence-electron chi connectivity index (χ2n) is 5.80. The van der Waals surface area contributed by atoms with E-state index in [1.165, 1.54) is 25.1 Å². The number of benzene rings is 2. The number of amides is 1. The van der Waals surface area contributed by atoms with Gasteiger partial charge in [0.2, 0.25) is 19.3 Å². The summed E-state index contributed by atoms with van der Waals surface area (Å²) in [6.45, 7) is 1.44. The summed E-state index contributed by atoms with van der Waals surface area (Å²) in [4.78, 5) is 12.2. The van der Waals surface area contributed by atoms with Gasteiger partial charge in [0.15, 0.2) is 17.7 Å². The molecular formula is C18H16FN3O4S2. The van der Waals surface area contributed by atoms with E-state index in [1.807, 2.05) is 0 Å². The van der Waals surface area contributed by atoms with E-state index in [-0.39, 0.29) is 21.0 Å². The summed E-state index contributed by atoms with van der Waals surface area (Å²) in [5.74, 6) is -1.48. The number of anilines is 1. The Kier molecular flexibility index (Phi) is 6.00. The van der Waals surface area contributed by atoms with Gasteiger partial charge in [-0.3, -0.25) is 10.1 Å². The lowest BCUT2D eigenvalue weighted by molar-refractivity contribution is -0.122. The molecule has 0 spiro atoms. The van der Waals surface area contributed by atoms with Crippen molar-refractivity contribution in [3.8, 4) is 5.75 Å². The second-order valence-corrected chi connectivity index (χ2v) is 8.94. The van der Waals surface area contributed by atoms with Gasteiger partial charge in [0.1, 0.15) is 0 Å². The normalized spacial score (nSPS) is 12.4. The Bertz CT molecular complexity index is 1070. The Labute approximate surface area is 165 Å². The van der Waals surface area contributed by atoms with E-state index in [2.05, 4.69) is 15.5 Å². The van der Waals surface area contributed by atoms with Crippen molar-refractivity contribution in [2.24, 2.45) is 0 Å². The van der Waals surface area contributed by atoms with Crippen molar-refractivity contribution in [3.63, 3.8) is 0 Å².